The quantitative estimate of drug-likeness (QED) is 0.448. The number of nitrogens with zero attached hydrogens (tertiary/aromatic N) is 1. The average Bonchev–Trinajstić information content (AvgIpc) is 3.09. The molecule has 0 radical (unpaired) electrons. The lowest BCUT2D eigenvalue weighted by molar-refractivity contribution is -0.384. The van der Waals surface area contributed by atoms with Crippen LogP contribution in [0.4, 0.5) is 11.4 Å². The zero-order valence-corrected chi connectivity index (χ0v) is 16.3. The summed E-state index contributed by atoms with van der Waals surface area (Å²) in [4.78, 5) is 36.4. The summed E-state index contributed by atoms with van der Waals surface area (Å²) in [5.74, 6) is -0.290. The highest BCUT2D eigenvalue weighted by Gasteiger charge is 2.22. The monoisotopic (exact) mass is 404 g/mol. The summed E-state index contributed by atoms with van der Waals surface area (Å²) >= 11 is 1.41. The highest BCUT2D eigenvalue weighted by atomic mass is 32.1. The smallest absolute Gasteiger partial charge is 0.348 e. The minimum atomic E-state index is -0.609. The molecule has 2 aromatic rings. The van der Waals surface area contributed by atoms with Gasteiger partial charge in [-0.1, -0.05) is 6.92 Å². The molecule has 0 unspecified atom stereocenters. The van der Waals surface area contributed by atoms with Crippen molar-refractivity contribution in [3.63, 3.8) is 0 Å². The summed E-state index contributed by atoms with van der Waals surface area (Å²) in [6.45, 7) is 1.69. The van der Waals surface area contributed by atoms with Crippen LogP contribution in [0, 0.1) is 16.0 Å². The Morgan fingerprint density at radius 1 is 1.36 bits per heavy atom. The molecule has 0 saturated heterocycles. The Balaban J connectivity index is 1.61. The highest BCUT2D eigenvalue weighted by molar-refractivity contribution is 7.14. The normalized spacial score (nSPS) is 15.4. The number of hydrogen-bond donors (Lipinski definition) is 1. The lowest BCUT2D eigenvalue weighted by Gasteiger charge is -2.16. The molecule has 0 fully saturated rings. The first-order chi connectivity index (χ1) is 13.4. The third-order valence-corrected chi connectivity index (χ3v) is 5.75. The van der Waals surface area contributed by atoms with Crippen LogP contribution >= 0.6 is 11.3 Å². The first kappa shape index (κ1) is 19.8. The fourth-order valence-electron chi connectivity index (χ4n) is 3.10. The Morgan fingerprint density at radius 3 is 2.86 bits per heavy atom. The van der Waals surface area contributed by atoms with Gasteiger partial charge in [0.25, 0.3) is 11.6 Å². The molecule has 3 rings (SSSR count). The maximum atomic E-state index is 12.3. The third-order valence-electron chi connectivity index (χ3n) is 4.53. The number of thiophene rings is 1. The summed E-state index contributed by atoms with van der Waals surface area (Å²) in [5.41, 5.74) is 1.13. The topological polar surface area (TPSA) is 108 Å². The Labute approximate surface area is 165 Å². The van der Waals surface area contributed by atoms with E-state index in [2.05, 4.69) is 12.2 Å². The second-order valence-corrected chi connectivity index (χ2v) is 7.81. The van der Waals surface area contributed by atoms with Crippen molar-refractivity contribution in [1.29, 1.82) is 0 Å². The van der Waals surface area contributed by atoms with Crippen LogP contribution in [-0.2, 0) is 22.4 Å². The molecule has 1 amide bonds. The van der Waals surface area contributed by atoms with Gasteiger partial charge in [0.05, 0.1) is 17.7 Å². The number of carbonyl (C=O) groups excluding carboxylic acids is 2. The molecule has 9 heteroatoms. The van der Waals surface area contributed by atoms with Gasteiger partial charge in [-0.2, -0.15) is 0 Å². The van der Waals surface area contributed by atoms with Crippen molar-refractivity contribution in [3.05, 3.63) is 49.7 Å². The van der Waals surface area contributed by atoms with Gasteiger partial charge < -0.3 is 14.8 Å². The molecule has 0 aliphatic heterocycles. The summed E-state index contributed by atoms with van der Waals surface area (Å²) in [7, 11) is 1.39. The molecule has 148 valence electrons. The predicted octanol–water partition coefficient (Wildman–Crippen LogP) is 3.59. The Hall–Kier alpha value is -2.94. The van der Waals surface area contributed by atoms with Crippen LogP contribution in [-0.4, -0.2) is 30.5 Å². The molecular weight excluding hydrogens is 384 g/mol. The number of fused-ring (bicyclic) bond motifs is 1. The Kier molecular flexibility index (Phi) is 5.93. The van der Waals surface area contributed by atoms with E-state index in [1.54, 1.807) is 0 Å². The molecule has 1 aliphatic carbocycles. The number of benzene rings is 1. The van der Waals surface area contributed by atoms with Crippen LogP contribution < -0.4 is 10.1 Å². The molecule has 1 aromatic heterocycles. The molecule has 0 spiro atoms. The first-order valence-corrected chi connectivity index (χ1v) is 9.60. The number of ether oxygens (including phenoxy) is 2. The van der Waals surface area contributed by atoms with E-state index in [-0.39, 0.29) is 17.1 Å². The van der Waals surface area contributed by atoms with Gasteiger partial charge in [0.1, 0.15) is 10.6 Å². The molecule has 0 bridgehead atoms. The Bertz CT molecular complexity index is 923. The van der Waals surface area contributed by atoms with Crippen molar-refractivity contribution in [2.45, 2.75) is 26.2 Å². The number of amides is 1. The van der Waals surface area contributed by atoms with E-state index in [4.69, 9.17) is 9.47 Å². The zero-order valence-electron chi connectivity index (χ0n) is 15.5. The standard InChI is InChI=1S/C19H20N2O6S/c1-11-3-6-16-12(7-11)8-17(28-16)19(23)27-10-18(22)20-14-9-13(21(24)25)4-5-15(14)26-2/h4-5,8-9,11H,3,6-7,10H2,1-2H3,(H,20,22)/t11-/m0/s1. The largest absolute Gasteiger partial charge is 0.495 e. The second-order valence-electron chi connectivity index (χ2n) is 6.67. The number of anilines is 1. The van der Waals surface area contributed by atoms with Crippen molar-refractivity contribution >= 4 is 34.6 Å². The van der Waals surface area contributed by atoms with Crippen LogP contribution in [0.3, 0.4) is 0 Å². The van der Waals surface area contributed by atoms with Gasteiger partial charge in [-0.05, 0) is 42.9 Å². The number of carbonyl (C=O) groups is 2. The summed E-state index contributed by atoms with van der Waals surface area (Å²) < 4.78 is 10.2. The number of aryl methyl sites for hydroxylation is 1. The summed E-state index contributed by atoms with van der Waals surface area (Å²) in [6, 6.07) is 5.69. The number of nitro groups is 1. The lowest BCUT2D eigenvalue weighted by atomic mass is 9.90. The first-order valence-electron chi connectivity index (χ1n) is 8.78. The average molecular weight is 404 g/mol. The minimum Gasteiger partial charge on any atom is -0.495 e. The predicted molar refractivity (Wildman–Crippen MR) is 104 cm³/mol. The SMILES string of the molecule is COc1ccc([N+](=O)[O-])cc1NC(=O)COC(=O)c1cc2c(s1)CC[C@H](C)C2. The van der Waals surface area contributed by atoms with Gasteiger partial charge in [0.15, 0.2) is 6.61 Å². The number of non-ortho nitro benzene ring substituents is 1. The van der Waals surface area contributed by atoms with Crippen LogP contribution in [0.5, 0.6) is 5.75 Å². The van der Waals surface area contributed by atoms with E-state index in [0.29, 0.717) is 10.8 Å². The Morgan fingerprint density at radius 2 is 2.14 bits per heavy atom. The van der Waals surface area contributed by atoms with E-state index in [9.17, 15) is 19.7 Å². The maximum absolute atomic E-state index is 12.3. The molecule has 1 atom stereocenters. The van der Waals surface area contributed by atoms with Gasteiger partial charge in [0.2, 0.25) is 0 Å². The maximum Gasteiger partial charge on any atom is 0.348 e. The molecule has 1 N–H and O–H groups in total. The van der Waals surface area contributed by atoms with Crippen LogP contribution in [0.1, 0.15) is 33.5 Å². The number of esters is 1. The number of rotatable bonds is 6. The van der Waals surface area contributed by atoms with E-state index in [0.717, 1.165) is 19.3 Å². The fourth-order valence-corrected chi connectivity index (χ4v) is 4.20. The highest BCUT2D eigenvalue weighted by Crippen LogP contribution is 2.32. The van der Waals surface area contributed by atoms with Gasteiger partial charge in [0, 0.05) is 17.0 Å². The number of hydrogen-bond acceptors (Lipinski definition) is 7. The van der Waals surface area contributed by atoms with Crippen LogP contribution in [0.2, 0.25) is 0 Å². The van der Waals surface area contributed by atoms with E-state index in [1.165, 1.54) is 47.1 Å². The van der Waals surface area contributed by atoms with Crippen LogP contribution in [0.25, 0.3) is 0 Å². The third kappa shape index (κ3) is 4.48. The van der Waals surface area contributed by atoms with Crippen molar-refractivity contribution in [2.75, 3.05) is 19.0 Å². The van der Waals surface area contributed by atoms with Gasteiger partial charge in [-0.15, -0.1) is 11.3 Å². The van der Waals surface area contributed by atoms with Crippen molar-refractivity contribution in [3.8, 4) is 5.75 Å². The van der Waals surface area contributed by atoms with E-state index < -0.39 is 23.4 Å². The van der Waals surface area contributed by atoms with Crippen molar-refractivity contribution in [1.82, 2.24) is 0 Å². The molecule has 1 heterocycles. The number of methoxy groups -OCH3 is 1. The number of nitro benzene ring substituents is 1. The van der Waals surface area contributed by atoms with E-state index >= 15 is 0 Å². The van der Waals surface area contributed by atoms with Gasteiger partial charge >= 0.3 is 5.97 Å². The van der Waals surface area contributed by atoms with Crippen molar-refractivity contribution in [2.24, 2.45) is 5.92 Å². The molecule has 8 nitrogen and oxygen atoms in total. The number of nitrogens with one attached hydrogen (secondary N) is 1. The second kappa shape index (κ2) is 8.39. The van der Waals surface area contributed by atoms with Crippen LogP contribution in [0.15, 0.2) is 24.3 Å². The molecule has 28 heavy (non-hydrogen) atoms. The summed E-state index contributed by atoms with van der Waals surface area (Å²) in [6.07, 6.45) is 3.02. The van der Waals surface area contributed by atoms with E-state index in [1.807, 2.05) is 6.07 Å². The van der Waals surface area contributed by atoms with Crippen molar-refractivity contribution < 1.29 is 24.0 Å². The molecule has 0 saturated carbocycles. The van der Waals surface area contributed by atoms with Gasteiger partial charge in [-0.3, -0.25) is 14.9 Å². The zero-order chi connectivity index (χ0) is 20.3. The van der Waals surface area contributed by atoms with Gasteiger partial charge in [-0.25, -0.2) is 4.79 Å². The molecular formula is C19H20N2O6S. The minimum absolute atomic E-state index is 0.137. The molecule has 1 aromatic carbocycles. The fraction of sp³-hybridized carbons (Fsp3) is 0.368. The molecule has 1 aliphatic rings. The lowest BCUT2D eigenvalue weighted by Crippen LogP contribution is -2.21. The summed E-state index contributed by atoms with van der Waals surface area (Å²) in [5, 5.41) is 13.4.